The van der Waals surface area contributed by atoms with Gasteiger partial charge in [0.05, 0.1) is 10.2 Å². The monoisotopic (exact) mass is 330 g/mol. The predicted octanol–water partition coefficient (Wildman–Crippen LogP) is 1.86. The fourth-order valence-corrected chi connectivity index (χ4v) is 3.83. The lowest BCUT2D eigenvalue weighted by molar-refractivity contribution is -0.122. The minimum absolute atomic E-state index is 0.0172. The van der Waals surface area contributed by atoms with Gasteiger partial charge in [0.2, 0.25) is 5.91 Å². The number of nitrogens with one attached hydrogen (secondary N) is 1. The number of fused-ring (bicyclic) bond motifs is 3. The third-order valence-electron chi connectivity index (χ3n) is 4.11. The molecule has 3 aromatic rings. The molecule has 6 nitrogen and oxygen atoms in total. The van der Waals surface area contributed by atoms with Crippen LogP contribution in [0.15, 0.2) is 16.9 Å². The van der Waals surface area contributed by atoms with Crippen LogP contribution in [-0.2, 0) is 17.8 Å². The lowest BCUT2D eigenvalue weighted by Crippen LogP contribution is -2.36. The van der Waals surface area contributed by atoms with Crippen molar-refractivity contribution in [1.29, 1.82) is 0 Å². The van der Waals surface area contributed by atoms with Crippen molar-refractivity contribution < 1.29 is 4.79 Å². The summed E-state index contributed by atoms with van der Waals surface area (Å²) < 4.78 is 4.30. The maximum Gasteiger partial charge on any atom is 0.291 e. The summed E-state index contributed by atoms with van der Waals surface area (Å²) >= 11 is 1.67. The molecule has 1 aliphatic carbocycles. The van der Waals surface area contributed by atoms with E-state index >= 15 is 0 Å². The van der Waals surface area contributed by atoms with Crippen LogP contribution in [0.5, 0.6) is 0 Å². The van der Waals surface area contributed by atoms with Gasteiger partial charge in [0, 0.05) is 17.3 Å². The Hall–Kier alpha value is -2.15. The second-order valence-electron chi connectivity index (χ2n) is 6.05. The fraction of sp³-hybridized carbons (Fsp3) is 0.438. The number of hydrogen-bond donors (Lipinski definition) is 1. The molecule has 0 spiro atoms. The van der Waals surface area contributed by atoms with Crippen LogP contribution in [0.3, 0.4) is 0 Å². The molecular weight excluding hydrogens is 312 g/mol. The molecule has 1 saturated carbocycles. The lowest BCUT2D eigenvalue weighted by atomic mass is 10.4. The summed E-state index contributed by atoms with van der Waals surface area (Å²) in [6.07, 6.45) is 2.75. The second-order valence-corrected chi connectivity index (χ2v) is 7.33. The number of thiophene rings is 1. The number of aryl methyl sites for hydroxylation is 2. The Morgan fingerprint density at radius 2 is 2.17 bits per heavy atom. The standard InChI is InChI=1S/C16H18N4O2S/c1-3-14-18-19(8-15(21)17-10-4-5-10)16(22)12-7-13-11(20(12)14)6-9(2)23-13/h6-7,10H,3-5,8H2,1-2H3,(H,17,21). The molecule has 0 saturated heterocycles. The summed E-state index contributed by atoms with van der Waals surface area (Å²) in [5, 5.41) is 7.33. The van der Waals surface area contributed by atoms with Crippen LogP contribution < -0.4 is 10.9 Å². The van der Waals surface area contributed by atoms with Crippen molar-refractivity contribution in [3.8, 4) is 0 Å². The molecule has 0 aromatic carbocycles. The number of nitrogens with zero attached hydrogens (tertiary/aromatic N) is 3. The number of aromatic nitrogens is 3. The van der Waals surface area contributed by atoms with E-state index in [0.29, 0.717) is 11.9 Å². The molecule has 0 bridgehead atoms. The number of carbonyl (C=O) groups excluding carboxylic acids is 1. The van der Waals surface area contributed by atoms with Crippen molar-refractivity contribution in [3.63, 3.8) is 0 Å². The van der Waals surface area contributed by atoms with Crippen LogP contribution in [-0.4, -0.2) is 26.1 Å². The van der Waals surface area contributed by atoms with Crippen molar-refractivity contribution in [1.82, 2.24) is 19.5 Å². The van der Waals surface area contributed by atoms with Crippen molar-refractivity contribution in [2.75, 3.05) is 0 Å². The van der Waals surface area contributed by atoms with E-state index in [9.17, 15) is 9.59 Å². The lowest BCUT2D eigenvalue weighted by Gasteiger charge is -2.10. The van der Waals surface area contributed by atoms with Crippen molar-refractivity contribution in [2.24, 2.45) is 0 Å². The van der Waals surface area contributed by atoms with Gasteiger partial charge in [-0.1, -0.05) is 6.92 Å². The maximum absolute atomic E-state index is 12.7. The fourth-order valence-electron chi connectivity index (χ4n) is 2.89. The van der Waals surface area contributed by atoms with Gasteiger partial charge in [0.15, 0.2) is 0 Å². The highest BCUT2D eigenvalue weighted by atomic mass is 32.1. The van der Waals surface area contributed by atoms with Gasteiger partial charge in [-0.15, -0.1) is 11.3 Å². The molecule has 0 radical (unpaired) electrons. The van der Waals surface area contributed by atoms with Crippen molar-refractivity contribution in [3.05, 3.63) is 33.2 Å². The summed E-state index contributed by atoms with van der Waals surface area (Å²) in [5.74, 6) is 0.657. The molecule has 23 heavy (non-hydrogen) atoms. The van der Waals surface area contributed by atoms with Gasteiger partial charge in [0.25, 0.3) is 5.56 Å². The first-order valence-electron chi connectivity index (χ1n) is 7.87. The van der Waals surface area contributed by atoms with Gasteiger partial charge in [-0.3, -0.25) is 14.0 Å². The zero-order valence-electron chi connectivity index (χ0n) is 13.1. The third kappa shape index (κ3) is 2.45. The number of carbonyl (C=O) groups is 1. The van der Waals surface area contributed by atoms with E-state index in [4.69, 9.17) is 0 Å². The first kappa shape index (κ1) is 14.4. The molecule has 0 atom stereocenters. The molecule has 3 heterocycles. The van der Waals surface area contributed by atoms with Gasteiger partial charge < -0.3 is 5.32 Å². The molecule has 3 aromatic heterocycles. The van der Waals surface area contributed by atoms with Gasteiger partial charge in [0.1, 0.15) is 17.9 Å². The molecule has 7 heteroatoms. The van der Waals surface area contributed by atoms with E-state index in [1.165, 1.54) is 9.56 Å². The van der Waals surface area contributed by atoms with Crippen LogP contribution >= 0.6 is 11.3 Å². The maximum atomic E-state index is 12.7. The Balaban J connectivity index is 1.84. The van der Waals surface area contributed by atoms with Gasteiger partial charge >= 0.3 is 0 Å². The Morgan fingerprint density at radius 3 is 2.87 bits per heavy atom. The van der Waals surface area contributed by atoms with Crippen molar-refractivity contribution >= 4 is 33.0 Å². The van der Waals surface area contributed by atoms with E-state index in [2.05, 4.69) is 23.4 Å². The molecule has 120 valence electrons. The van der Waals surface area contributed by atoms with Crippen molar-refractivity contribution in [2.45, 2.75) is 45.7 Å². The predicted molar refractivity (Wildman–Crippen MR) is 90.1 cm³/mol. The average Bonchev–Trinajstić information content (AvgIpc) is 3.13. The van der Waals surface area contributed by atoms with Crippen LogP contribution in [0.2, 0.25) is 0 Å². The Kier molecular flexibility index (Phi) is 3.26. The van der Waals surface area contributed by atoms with Crippen LogP contribution in [0.25, 0.3) is 15.7 Å². The molecule has 0 aliphatic heterocycles. The topological polar surface area (TPSA) is 68.4 Å². The third-order valence-corrected chi connectivity index (χ3v) is 5.10. The largest absolute Gasteiger partial charge is 0.352 e. The number of rotatable bonds is 4. The molecule has 1 aliphatic rings. The molecule has 0 unspecified atom stereocenters. The van der Waals surface area contributed by atoms with E-state index in [1.807, 2.05) is 17.4 Å². The van der Waals surface area contributed by atoms with Gasteiger partial charge in [-0.05, 0) is 31.9 Å². The number of amides is 1. The Labute approximate surface area is 136 Å². The quantitative estimate of drug-likeness (QED) is 0.794. The average molecular weight is 330 g/mol. The summed E-state index contributed by atoms with van der Waals surface area (Å²) in [7, 11) is 0. The minimum Gasteiger partial charge on any atom is -0.352 e. The molecule has 1 N–H and O–H groups in total. The Morgan fingerprint density at radius 1 is 1.39 bits per heavy atom. The molecule has 1 amide bonds. The Bertz CT molecular complexity index is 977. The zero-order chi connectivity index (χ0) is 16.1. The summed E-state index contributed by atoms with van der Waals surface area (Å²) in [4.78, 5) is 25.9. The minimum atomic E-state index is -0.214. The molecular formula is C16H18N4O2S. The highest BCUT2D eigenvalue weighted by molar-refractivity contribution is 7.19. The SMILES string of the molecule is CCc1nn(CC(=O)NC2CC2)c(=O)c2cc3sc(C)cc3n12. The zero-order valence-corrected chi connectivity index (χ0v) is 13.9. The summed E-state index contributed by atoms with van der Waals surface area (Å²) in [5.41, 5.74) is 1.41. The highest BCUT2D eigenvalue weighted by Gasteiger charge is 2.24. The normalized spacial score (nSPS) is 14.7. The van der Waals surface area contributed by atoms with E-state index < -0.39 is 0 Å². The number of hydrogen-bond acceptors (Lipinski definition) is 4. The van der Waals surface area contributed by atoms with Gasteiger partial charge in [-0.2, -0.15) is 5.10 Å². The summed E-state index contributed by atoms with van der Waals surface area (Å²) in [6.45, 7) is 4.04. The van der Waals surface area contributed by atoms with Crippen LogP contribution in [0, 0.1) is 6.92 Å². The van der Waals surface area contributed by atoms with E-state index in [1.54, 1.807) is 11.3 Å². The van der Waals surface area contributed by atoms with Gasteiger partial charge in [-0.25, -0.2) is 4.68 Å². The van der Waals surface area contributed by atoms with Crippen LogP contribution in [0.4, 0.5) is 0 Å². The smallest absolute Gasteiger partial charge is 0.291 e. The van der Waals surface area contributed by atoms with E-state index in [-0.39, 0.29) is 24.1 Å². The van der Waals surface area contributed by atoms with E-state index in [0.717, 1.165) is 28.9 Å². The molecule has 4 rings (SSSR count). The van der Waals surface area contributed by atoms with Crippen LogP contribution in [0.1, 0.15) is 30.5 Å². The highest BCUT2D eigenvalue weighted by Crippen LogP contribution is 2.28. The molecule has 1 fully saturated rings. The first-order valence-corrected chi connectivity index (χ1v) is 8.69. The second kappa shape index (κ2) is 5.19. The summed E-state index contributed by atoms with van der Waals surface area (Å²) in [6, 6.07) is 4.28. The first-order chi connectivity index (χ1) is 11.1.